The van der Waals surface area contributed by atoms with Crippen LogP contribution in [0.3, 0.4) is 0 Å². The normalized spacial score (nSPS) is 9.94. The molecule has 17 heavy (non-hydrogen) atoms. The summed E-state index contributed by atoms with van der Waals surface area (Å²) in [5, 5.41) is 2.60. The lowest BCUT2D eigenvalue weighted by molar-refractivity contribution is -0.117. The second kappa shape index (κ2) is 10.4. The van der Waals surface area contributed by atoms with Crippen LogP contribution in [0.25, 0.3) is 0 Å². The van der Waals surface area contributed by atoms with Crippen molar-refractivity contribution in [3.05, 3.63) is 50.1 Å². The van der Waals surface area contributed by atoms with Gasteiger partial charge in [-0.15, -0.1) is 13.2 Å². The zero-order valence-corrected chi connectivity index (χ0v) is 10.2. The number of primary amides is 1. The number of nitrogens with one attached hydrogen (secondary N) is 1. The van der Waals surface area contributed by atoms with Gasteiger partial charge < -0.3 is 11.1 Å². The maximum Gasteiger partial charge on any atom is 0.244 e. The molecule has 4 nitrogen and oxygen atoms in total. The van der Waals surface area contributed by atoms with E-state index in [2.05, 4.69) is 31.6 Å². The van der Waals surface area contributed by atoms with E-state index in [4.69, 9.17) is 5.73 Å². The zero-order valence-electron chi connectivity index (χ0n) is 10.2. The highest BCUT2D eigenvalue weighted by Gasteiger charge is 1.96. The first-order chi connectivity index (χ1) is 7.88. The van der Waals surface area contributed by atoms with Crippen molar-refractivity contribution in [2.75, 3.05) is 0 Å². The highest BCUT2D eigenvalue weighted by molar-refractivity contribution is 5.91. The van der Waals surface area contributed by atoms with E-state index in [-0.39, 0.29) is 11.9 Å². The molecule has 0 aromatic heterocycles. The van der Waals surface area contributed by atoms with Crippen molar-refractivity contribution in [3.63, 3.8) is 0 Å². The fourth-order valence-corrected chi connectivity index (χ4v) is 0.617. The summed E-state index contributed by atoms with van der Waals surface area (Å²) < 4.78 is 0. The topological polar surface area (TPSA) is 72.2 Å². The van der Waals surface area contributed by atoms with Gasteiger partial charge in [0.2, 0.25) is 11.8 Å². The van der Waals surface area contributed by atoms with E-state index in [0.717, 1.165) is 0 Å². The molecule has 0 heterocycles. The summed E-state index contributed by atoms with van der Waals surface area (Å²) in [6, 6.07) is 0.0236. The monoisotopic (exact) mass is 236 g/mol. The Hall–Kier alpha value is -2.10. The Morgan fingerprint density at radius 2 is 1.88 bits per heavy atom. The summed E-state index contributed by atoms with van der Waals surface area (Å²) in [5.74, 6) is -0.618. The van der Waals surface area contributed by atoms with Gasteiger partial charge in [0, 0.05) is 11.6 Å². The molecule has 0 fully saturated rings. The highest BCUT2D eigenvalue weighted by atomic mass is 16.1. The van der Waals surface area contributed by atoms with Crippen LogP contribution in [-0.4, -0.2) is 17.9 Å². The average Bonchev–Trinajstić information content (AvgIpc) is 2.29. The van der Waals surface area contributed by atoms with Crippen LogP contribution in [0, 0.1) is 0 Å². The number of nitrogens with two attached hydrogens (primary N) is 1. The van der Waals surface area contributed by atoms with E-state index < -0.39 is 5.91 Å². The number of carbonyl (C=O) groups is 2. The summed E-state index contributed by atoms with van der Waals surface area (Å²) in [4.78, 5) is 20.7. The van der Waals surface area contributed by atoms with Crippen molar-refractivity contribution in [1.29, 1.82) is 0 Å². The largest absolute Gasteiger partial charge is 0.366 e. The number of allylic oxidation sites excluding steroid dienone is 1. The number of amides is 2. The maximum atomic E-state index is 10.5. The first-order valence-electron chi connectivity index (χ1n) is 5.03. The molecule has 0 aromatic carbocycles. The van der Waals surface area contributed by atoms with Crippen LogP contribution in [0.2, 0.25) is 0 Å². The van der Waals surface area contributed by atoms with Gasteiger partial charge in [-0.1, -0.05) is 25.3 Å². The molecule has 0 saturated heterocycles. The van der Waals surface area contributed by atoms with E-state index in [1.165, 1.54) is 6.08 Å². The van der Waals surface area contributed by atoms with Crippen LogP contribution in [0.1, 0.15) is 13.3 Å². The van der Waals surface area contributed by atoms with Crippen LogP contribution in [0.5, 0.6) is 0 Å². The molecule has 0 bridgehead atoms. The fraction of sp³-hybridized carbons (Fsp3) is 0.231. The SMILES string of the molecule is C=CC(=O)NC(C)C=C.C=CCC(=C)C(N)=O. The van der Waals surface area contributed by atoms with Gasteiger partial charge in [0.25, 0.3) is 0 Å². The molecule has 0 aliphatic rings. The average molecular weight is 236 g/mol. The molecule has 94 valence electrons. The first kappa shape index (κ1) is 17.3. The van der Waals surface area contributed by atoms with Crippen molar-refractivity contribution in [2.24, 2.45) is 5.73 Å². The lowest BCUT2D eigenvalue weighted by atomic mass is 10.2. The number of hydrogen-bond acceptors (Lipinski definition) is 2. The summed E-state index contributed by atoms with van der Waals surface area (Å²) in [6.45, 7) is 15.5. The molecule has 1 atom stereocenters. The summed E-state index contributed by atoms with van der Waals surface area (Å²) in [5.41, 5.74) is 5.24. The quantitative estimate of drug-likeness (QED) is 0.541. The third kappa shape index (κ3) is 11.8. The standard InChI is InChI=1S/C7H11NO.C6H9NO/c1-4-6(3)8-7(9)5-2;1-3-4-5(2)6(7)8/h4-6H,1-2H2,3H3,(H,8,9);3H,1-2,4H2,(H2,7,8). The summed E-state index contributed by atoms with van der Waals surface area (Å²) in [6.07, 6.45) is 4.96. The first-order valence-corrected chi connectivity index (χ1v) is 5.03. The molecule has 1 unspecified atom stereocenters. The van der Waals surface area contributed by atoms with Crippen LogP contribution >= 0.6 is 0 Å². The van der Waals surface area contributed by atoms with Gasteiger partial charge in [-0.2, -0.15) is 0 Å². The van der Waals surface area contributed by atoms with Crippen LogP contribution < -0.4 is 11.1 Å². The third-order valence-corrected chi connectivity index (χ3v) is 1.65. The van der Waals surface area contributed by atoms with Crippen molar-refractivity contribution in [2.45, 2.75) is 19.4 Å². The zero-order chi connectivity index (χ0) is 13.8. The van der Waals surface area contributed by atoms with Crippen molar-refractivity contribution < 1.29 is 9.59 Å². The van der Waals surface area contributed by atoms with E-state index >= 15 is 0 Å². The van der Waals surface area contributed by atoms with Gasteiger partial charge in [-0.25, -0.2) is 0 Å². The van der Waals surface area contributed by atoms with E-state index in [0.29, 0.717) is 12.0 Å². The molecule has 2 amide bonds. The number of hydrogen-bond donors (Lipinski definition) is 2. The maximum absolute atomic E-state index is 10.5. The van der Waals surface area contributed by atoms with Gasteiger partial charge in [0.1, 0.15) is 0 Å². The Bertz CT molecular complexity index is 319. The van der Waals surface area contributed by atoms with Crippen molar-refractivity contribution >= 4 is 11.8 Å². The van der Waals surface area contributed by atoms with Gasteiger partial charge in [-0.05, 0) is 19.4 Å². The van der Waals surface area contributed by atoms with Crippen molar-refractivity contribution in [1.82, 2.24) is 5.32 Å². The molecule has 0 saturated carbocycles. The Kier molecular flexibility index (Phi) is 10.6. The Balaban J connectivity index is 0. The molecular formula is C13H20N2O2. The predicted molar refractivity (Wildman–Crippen MR) is 71.1 cm³/mol. The second-order valence-electron chi connectivity index (χ2n) is 3.20. The molecule has 0 aliphatic heterocycles. The summed E-state index contributed by atoms with van der Waals surface area (Å²) >= 11 is 0. The Morgan fingerprint density at radius 1 is 1.35 bits per heavy atom. The molecule has 0 aliphatic carbocycles. The highest BCUT2D eigenvalue weighted by Crippen LogP contribution is 1.94. The Morgan fingerprint density at radius 3 is 2.12 bits per heavy atom. The second-order valence-corrected chi connectivity index (χ2v) is 3.20. The number of carbonyl (C=O) groups excluding carboxylic acids is 2. The molecule has 3 N–H and O–H groups in total. The predicted octanol–water partition coefficient (Wildman–Crippen LogP) is 1.47. The van der Waals surface area contributed by atoms with Gasteiger partial charge >= 0.3 is 0 Å². The fourth-order valence-electron chi connectivity index (χ4n) is 0.617. The molecule has 4 heteroatoms. The van der Waals surface area contributed by atoms with Crippen LogP contribution in [0.4, 0.5) is 0 Å². The third-order valence-electron chi connectivity index (χ3n) is 1.65. The smallest absolute Gasteiger partial charge is 0.244 e. The molecular weight excluding hydrogens is 216 g/mol. The van der Waals surface area contributed by atoms with Gasteiger partial charge in [0.05, 0.1) is 0 Å². The minimum Gasteiger partial charge on any atom is -0.366 e. The van der Waals surface area contributed by atoms with Crippen molar-refractivity contribution in [3.8, 4) is 0 Å². The molecule has 0 aromatic rings. The summed E-state index contributed by atoms with van der Waals surface area (Å²) in [7, 11) is 0. The minimum atomic E-state index is -0.454. The van der Waals surface area contributed by atoms with Crippen LogP contribution in [-0.2, 0) is 9.59 Å². The molecule has 0 radical (unpaired) electrons. The molecule has 0 spiro atoms. The van der Waals surface area contributed by atoms with E-state index in [1.807, 2.05) is 6.92 Å². The minimum absolute atomic E-state index is 0.0236. The van der Waals surface area contributed by atoms with Gasteiger partial charge in [-0.3, -0.25) is 9.59 Å². The van der Waals surface area contributed by atoms with E-state index in [1.54, 1.807) is 12.2 Å². The lowest BCUT2D eigenvalue weighted by Gasteiger charge is -2.04. The van der Waals surface area contributed by atoms with Gasteiger partial charge in [0.15, 0.2) is 0 Å². The van der Waals surface area contributed by atoms with Crippen LogP contribution in [0.15, 0.2) is 50.1 Å². The Labute approximate surface area is 103 Å². The lowest BCUT2D eigenvalue weighted by Crippen LogP contribution is -2.28. The number of rotatable bonds is 6. The van der Waals surface area contributed by atoms with E-state index in [9.17, 15) is 9.59 Å². The molecule has 0 rings (SSSR count).